The van der Waals surface area contributed by atoms with Crippen LogP contribution in [0.1, 0.15) is 25.3 Å². The maximum absolute atomic E-state index is 12.7. The SMILES string of the molecule is COc1cccc(N2CCN(C(=O)Nc3ccccc3C(C)C)CC2)c1. The van der Waals surface area contributed by atoms with Crippen LogP contribution < -0.4 is 15.0 Å². The van der Waals surface area contributed by atoms with Crippen molar-refractivity contribution in [2.45, 2.75) is 19.8 Å². The second-order valence-electron chi connectivity index (χ2n) is 6.85. The number of methoxy groups -OCH3 is 1. The van der Waals surface area contributed by atoms with Crippen molar-refractivity contribution in [3.05, 3.63) is 54.1 Å². The van der Waals surface area contributed by atoms with E-state index in [0.717, 1.165) is 35.8 Å². The number of rotatable bonds is 4. The first-order valence-corrected chi connectivity index (χ1v) is 9.12. The number of amides is 2. The first kappa shape index (κ1) is 18.1. The number of nitrogens with one attached hydrogen (secondary N) is 1. The van der Waals surface area contributed by atoms with Gasteiger partial charge in [-0.2, -0.15) is 0 Å². The number of anilines is 2. The lowest BCUT2D eigenvalue weighted by molar-refractivity contribution is 0.208. The molecule has 0 aromatic heterocycles. The fourth-order valence-electron chi connectivity index (χ4n) is 3.28. The summed E-state index contributed by atoms with van der Waals surface area (Å²) >= 11 is 0. The molecule has 0 unspecified atom stereocenters. The molecule has 138 valence electrons. The van der Waals surface area contributed by atoms with E-state index < -0.39 is 0 Å². The first-order valence-electron chi connectivity index (χ1n) is 9.12. The molecule has 0 saturated carbocycles. The number of nitrogens with zero attached hydrogens (tertiary/aromatic N) is 2. The van der Waals surface area contributed by atoms with Crippen LogP contribution in [0, 0.1) is 0 Å². The zero-order chi connectivity index (χ0) is 18.5. The quantitative estimate of drug-likeness (QED) is 0.897. The van der Waals surface area contributed by atoms with Crippen molar-refractivity contribution in [2.75, 3.05) is 43.5 Å². The summed E-state index contributed by atoms with van der Waals surface area (Å²) in [6.07, 6.45) is 0. The molecule has 2 amide bonds. The van der Waals surface area contributed by atoms with E-state index in [-0.39, 0.29) is 6.03 Å². The summed E-state index contributed by atoms with van der Waals surface area (Å²) in [4.78, 5) is 16.8. The van der Waals surface area contributed by atoms with E-state index in [0.29, 0.717) is 19.0 Å². The number of ether oxygens (including phenoxy) is 1. The van der Waals surface area contributed by atoms with E-state index >= 15 is 0 Å². The first-order chi connectivity index (χ1) is 12.6. The van der Waals surface area contributed by atoms with Crippen LogP contribution in [0.25, 0.3) is 0 Å². The molecule has 1 aliphatic rings. The Hall–Kier alpha value is -2.69. The Morgan fingerprint density at radius 1 is 1.04 bits per heavy atom. The fraction of sp³-hybridized carbons (Fsp3) is 0.381. The molecule has 5 heteroatoms. The van der Waals surface area contributed by atoms with Crippen LogP contribution in [0.4, 0.5) is 16.2 Å². The van der Waals surface area contributed by atoms with Gasteiger partial charge in [0, 0.05) is 43.6 Å². The average Bonchev–Trinajstić information content (AvgIpc) is 2.68. The topological polar surface area (TPSA) is 44.8 Å². The van der Waals surface area contributed by atoms with Crippen molar-refractivity contribution in [2.24, 2.45) is 0 Å². The minimum absolute atomic E-state index is 0.0246. The van der Waals surface area contributed by atoms with Gasteiger partial charge < -0.3 is 19.9 Å². The highest BCUT2D eigenvalue weighted by Gasteiger charge is 2.22. The molecule has 0 spiro atoms. The van der Waals surface area contributed by atoms with Gasteiger partial charge >= 0.3 is 6.03 Å². The van der Waals surface area contributed by atoms with Gasteiger partial charge in [0.15, 0.2) is 0 Å². The predicted octanol–water partition coefficient (Wildman–Crippen LogP) is 4.17. The van der Waals surface area contributed by atoms with Crippen molar-refractivity contribution >= 4 is 17.4 Å². The summed E-state index contributed by atoms with van der Waals surface area (Å²) in [7, 11) is 1.68. The molecule has 5 nitrogen and oxygen atoms in total. The summed E-state index contributed by atoms with van der Waals surface area (Å²) in [5, 5.41) is 3.08. The molecule has 1 N–H and O–H groups in total. The number of benzene rings is 2. The summed E-state index contributed by atoms with van der Waals surface area (Å²) in [6.45, 7) is 7.30. The van der Waals surface area contributed by atoms with Gasteiger partial charge in [-0.25, -0.2) is 4.79 Å². The van der Waals surface area contributed by atoms with Crippen molar-refractivity contribution in [3.8, 4) is 5.75 Å². The van der Waals surface area contributed by atoms with Crippen LogP contribution in [-0.4, -0.2) is 44.2 Å². The van der Waals surface area contributed by atoms with Crippen molar-refractivity contribution < 1.29 is 9.53 Å². The minimum atomic E-state index is -0.0246. The van der Waals surface area contributed by atoms with Gasteiger partial charge in [-0.05, 0) is 29.7 Å². The lowest BCUT2D eigenvalue weighted by Gasteiger charge is -2.36. The number of piperazine rings is 1. The molecule has 26 heavy (non-hydrogen) atoms. The van der Waals surface area contributed by atoms with Gasteiger partial charge in [-0.15, -0.1) is 0 Å². The molecule has 0 bridgehead atoms. The molecule has 2 aromatic carbocycles. The van der Waals surface area contributed by atoms with Crippen LogP contribution >= 0.6 is 0 Å². The van der Waals surface area contributed by atoms with Crippen LogP contribution in [0.2, 0.25) is 0 Å². The van der Waals surface area contributed by atoms with Gasteiger partial charge in [0.1, 0.15) is 5.75 Å². The van der Waals surface area contributed by atoms with Gasteiger partial charge in [-0.3, -0.25) is 0 Å². The summed E-state index contributed by atoms with van der Waals surface area (Å²) < 4.78 is 5.30. The minimum Gasteiger partial charge on any atom is -0.497 e. The number of para-hydroxylation sites is 1. The van der Waals surface area contributed by atoms with Gasteiger partial charge in [-0.1, -0.05) is 38.1 Å². The van der Waals surface area contributed by atoms with Crippen molar-refractivity contribution in [3.63, 3.8) is 0 Å². The maximum atomic E-state index is 12.7. The lowest BCUT2D eigenvalue weighted by Crippen LogP contribution is -2.50. The molecule has 3 rings (SSSR count). The monoisotopic (exact) mass is 353 g/mol. The molecule has 0 radical (unpaired) electrons. The molecule has 1 aliphatic heterocycles. The number of carbonyl (C=O) groups is 1. The van der Waals surface area contributed by atoms with E-state index in [1.165, 1.54) is 0 Å². The second kappa shape index (κ2) is 8.13. The standard InChI is InChI=1S/C21H27N3O2/c1-16(2)19-9-4-5-10-20(19)22-21(25)24-13-11-23(12-14-24)17-7-6-8-18(15-17)26-3/h4-10,15-16H,11-14H2,1-3H3,(H,22,25). The molecule has 1 heterocycles. The summed E-state index contributed by atoms with van der Waals surface area (Å²) in [5.41, 5.74) is 3.20. The highest BCUT2D eigenvalue weighted by Crippen LogP contribution is 2.25. The van der Waals surface area contributed by atoms with Crippen LogP contribution in [-0.2, 0) is 0 Å². The Bertz CT molecular complexity index is 752. The van der Waals surface area contributed by atoms with Gasteiger partial charge in [0.2, 0.25) is 0 Å². The number of hydrogen-bond donors (Lipinski definition) is 1. The maximum Gasteiger partial charge on any atom is 0.321 e. The Morgan fingerprint density at radius 3 is 2.46 bits per heavy atom. The molecular weight excluding hydrogens is 326 g/mol. The molecule has 1 fully saturated rings. The smallest absolute Gasteiger partial charge is 0.321 e. The van der Waals surface area contributed by atoms with E-state index in [2.05, 4.69) is 36.2 Å². The predicted molar refractivity (Wildman–Crippen MR) is 106 cm³/mol. The Labute approximate surface area is 155 Å². The third-order valence-electron chi connectivity index (χ3n) is 4.81. The third kappa shape index (κ3) is 4.10. The number of carbonyl (C=O) groups excluding carboxylic acids is 1. The Kier molecular flexibility index (Phi) is 5.66. The Balaban J connectivity index is 1.60. The number of urea groups is 1. The lowest BCUT2D eigenvalue weighted by atomic mass is 10.0. The van der Waals surface area contributed by atoms with Crippen molar-refractivity contribution in [1.82, 2.24) is 4.90 Å². The van der Waals surface area contributed by atoms with E-state index in [1.54, 1.807) is 7.11 Å². The van der Waals surface area contributed by atoms with Gasteiger partial charge in [0.05, 0.1) is 7.11 Å². The largest absolute Gasteiger partial charge is 0.497 e. The van der Waals surface area contributed by atoms with Gasteiger partial charge in [0.25, 0.3) is 0 Å². The Morgan fingerprint density at radius 2 is 1.77 bits per heavy atom. The highest BCUT2D eigenvalue weighted by atomic mass is 16.5. The van der Waals surface area contributed by atoms with Crippen LogP contribution in [0.15, 0.2) is 48.5 Å². The van der Waals surface area contributed by atoms with E-state index in [9.17, 15) is 4.79 Å². The third-order valence-corrected chi connectivity index (χ3v) is 4.81. The molecule has 0 atom stereocenters. The zero-order valence-corrected chi connectivity index (χ0v) is 15.7. The highest BCUT2D eigenvalue weighted by molar-refractivity contribution is 5.90. The van der Waals surface area contributed by atoms with Crippen LogP contribution in [0.3, 0.4) is 0 Å². The normalized spacial score (nSPS) is 14.5. The van der Waals surface area contributed by atoms with E-state index in [1.807, 2.05) is 41.3 Å². The van der Waals surface area contributed by atoms with E-state index in [4.69, 9.17) is 4.74 Å². The summed E-state index contributed by atoms with van der Waals surface area (Å²) in [5.74, 6) is 1.23. The molecular formula is C21H27N3O2. The molecule has 2 aromatic rings. The fourth-order valence-corrected chi connectivity index (χ4v) is 3.28. The van der Waals surface area contributed by atoms with Crippen molar-refractivity contribution in [1.29, 1.82) is 0 Å². The molecule has 1 saturated heterocycles. The summed E-state index contributed by atoms with van der Waals surface area (Å²) in [6, 6.07) is 16.0. The number of hydrogen-bond acceptors (Lipinski definition) is 3. The van der Waals surface area contributed by atoms with Crippen LogP contribution in [0.5, 0.6) is 5.75 Å². The molecule has 0 aliphatic carbocycles. The zero-order valence-electron chi connectivity index (χ0n) is 15.7. The average molecular weight is 353 g/mol. The second-order valence-corrected chi connectivity index (χ2v) is 6.85.